The van der Waals surface area contributed by atoms with Crippen LogP contribution >= 0.6 is 11.6 Å². The molecule has 0 N–H and O–H groups in total. The maximum atomic E-state index is 13.3. The Labute approximate surface area is 138 Å². The molecule has 0 bridgehead atoms. The van der Waals surface area contributed by atoms with Crippen molar-refractivity contribution in [2.45, 2.75) is 61.7 Å². The van der Waals surface area contributed by atoms with E-state index in [1.165, 1.54) is 10.4 Å². The van der Waals surface area contributed by atoms with Gasteiger partial charge in [-0.3, -0.25) is 0 Å². The number of benzene rings is 1. The topological polar surface area (TPSA) is 37.4 Å². The number of rotatable bonds is 4. The Morgan fingerprint density at radius 2 is 1.61 bits per heavy atom. The summed E-state index contributed by atoms with van der Waals surface area (Å²) in [7, 11) is -4.20. The second kappa shape index (κ2) is 5.93. The molecular formula is C15H17ClF3NO2S. The Morgan fingerprint density at radius 3 is 2.13 bits per heavy atom. The van der Waals surface area contributed by atoms with Crippen molar-refractivity contribution in [3.05, 3.63) is 28.8 Å². The van der Waals surface area contributed by atoms with Gasteiger partial charge in [0.1, 0.15) is 0 Å². The normalized spacial score (nSPS) is 20.4. The van der Waals surface area contributed by atoms with Gasteiger partial charge in [-0.25, -0.2) is 8.42 Å². The fraction of sp³-hybridized carbons (Fsp3) is 0.600. The average molecular weight is 368 g/mol. The van der Waals surface area contributed by atoms with E-state index in [1.54, 1.807) is 0 Å². The SMILES string of the molecule is O=S(=O)(c1ccc(Cl)cc1C(F)(F)F)N(C1CCCC1)C1CC1. The summed E-state index contributed by atoms with van der Waals surface area (Å²) in [5, 5.41) is -0.130. The third-order valence-corrected chi connectivity index (χ3v) is 6.69. The number of nitrogens with zero attached hydrogens (tertiary/aromatic N) is 1. The molecule has 2 saturated carbocycles. The molecule has 2 aliphatic carbocycles. The number of hydrogen-bond acceptors (Lipinski definition) is 2. The summed E-state index contributed by atoms with van der Waals surface area (Å²) in [5.74, 6) is 0. The van der Waals surface area contributed by atoms with Crippen molar-refractivity contribution in [3.63, 3.8) is 0 Å². The molecular weight excluding hydrogens is 351 g/mol. The van der Waals surface area contributed by atoms with Gasteiger partial charge in [-0.15, -0.1) is 0 Å². The molecule has 0 saturated heterocycles. The molecule has 0 aliphatic heterocycles. The summed E-state index contributed by atoms with van der Waals surface area (Å²) in [4.78, 5) is -0.687. The molecule has 0 radical (unpaired) electrons. The Hall–Kier alpha value is -0.790. The van der Waals surface area contributed by atoms with Crippen molar-refractivity contribution < 1.29 is 21.6 Å². The highest BCUT2D eigenvalue weighted by Crippen LogP contribution is 2.42. The monoisotopic (exact) mass is 367 g/mol. The molecule has 23 heavy (non-hydrogen) atoms. The van der Waals surface area contributed by atoms with Gasteiger partial charge in [-0.05, 0) is 43.9 Å². The first-order valence-corrected chi connectivity index (χ1v) is 9.43. The van der Waals surface area contributed by atoms with Gasteiger partial charge in [0, 0.05) is 17.1 Å². The molecule has 8 heteroatoms. The lowest BCUT2D eigenvalue weighted by Gasteiger charge is -2.29. The van der Waals surface area contributed by atoms with Crippen LogP contribution in [0.4, 0.5) is 13.2 Å². The van der Waals surface area contributed by atoms with Crippen LogP contribution in [0.1, 0.15) is 44.1 Å². The number of alkyl halides is 3. The number of sulfonamides is 1. The van der Waals surface area contributed by atoms with Crippen molar-refractivity contribution >= 4 is 21.6 Å². The van der Waals surface area contributed by atoms with Gasteiger partial charge in [0.05, 0.1) is 10.5 Å². The minimum Gasteiger partial charge on any atom is -0.207 e. The predicted molar refractivity (Wildman–Crippen MR) is 80.8 cm³/mol. The van der Waals surface area contributed by atoms with Crippen molar-refractivity contribution in [3.8, 4) is 0 Å². The van der Waals surface area contributed by atoms with Gasteiger partial charge in [0.15, 0.2) is 0 Å². The van der Waals surface area contributed by atoms with Crippen LogP contribution in [0.25, 0.3) is 0 Å². The Kier molecular flexibility index (Phi) is 4.40. The van der Waals surface area contributed by atoms with E-state index in [9.17, 15) is 21.6 Å². The van der Waals surface area contributed by atoms with E-state index in [0.717, 1.165) is 18.9 Å². The van der Waals surface area contributed by atoms with E-state index in [4.69, 9.17) is 11.6 Å². The molecule has 3 rings (SSSR count). The van der Waals surface area contributed by atoms with Crippen LogP contribution < -0.4 is 0 Å². The summed E-state index contributed by atoms with van der Waals surface area (Å²) in [6, 6.07) is 2.51. The van der Waals surface area contributed by atoms with Crippen LogP contribution in [0.2, 0.25) is 5.02 Å². The second-order valence-corrected chi connectivity index (χ2v) is 8.39. The van der Waals surface area contributed by atoms with E-state index in [0.29, 0.717) is 31.7 Å². The molecule has 0 spiro atoms. The summed E-state index contributed by atoms with van der Waals surface area (Å²) in [6.07, 6.45) is -0.0881. The number of hydrogen-bond donors (Lipinski definition) is 0. The Morgan fingerprint density at radius 1 is 1.04 bits per heavy atom. The van der Waals surface area contributed by atoms with Gasteiger partial charge < -0.3 is 0 Å². The highest BCUT2D eigenvalue weighted by Gasteiger charge is 2.46. The molecule has 1 aromatic carbocycles. The van der Waals surface area contributed by atoms with E-state index in [2.05, 4.69) is 0 Å². The summed E-state index contributed by atoms with van der Waals surface area (Å²) in [6.45, 7) is 0. The first-order valence-electron chi connectivity index (χ1n) is 7.61. The number of halogens is 4. The lowest BCUT2D eigenvalue weighted by molar-refractivity contribution is -0.139. The van der Waals surface area contributed by atoms with Crippen LogP contribution in [0.15, 0.2) is 23.1 Å². The molecule has 128 valence electrons. The molecule has 1 aromatic rings. The molecule has 0 aromatic heterocycles. The van der Waals surface area contributed by atoms with E-state index in [-0.39, 0.29) is 17.1 Å². The maximum Gasteiger partial charge on any atom is 0.417 e. The zero-order chi connectivity index (χ0) is 16.8. The van der Waals surface area contributed by atoms with Crippen molar-refractivity contribution in [1.82, 2.24) is 4.31 Å². The zero-order valence-electron chi connectivity index (χ0n) is 12.3. The quantitative estimate of drug-likeness (QED) is 0.788. The lowest BCUT2D eigenvalue weighted by atomic mass is 10.2. The molecule has 2 fully saturated rings. The first kappa shape index (κ1) is 17.0. The second-order valence-electron chi connectivity index (χ2n) is 6.14. The molecule has 2 aliphatic rings. The fourth-order valence-electron chi connectivity index (χ4n) is 3.24. The highest BCUT2D eigenvalue weighted by molar-refractivity contribution is 7.89. The lowest BCUT2D eigenvalue weighted by Crippen LogP contribution is -2.41. The van der Waals surface area contributed by atoms with E-state index < -0.39 is 26.7 Å². The summed E-state index contributed by atoms with van der Waals surface area (Å²) >= 11 is 5.65. The van der Waals surface area contributed by atoms with Crippen LogP contribution in [0, 0.1) is 0 Å². The minimum absolute atomic E-state index is 0.130. The molecule has 0 heterocycles. The van der Waals surface area contributed by atoms with Crippen molar-refractivity contribution in [2.75, 3.05) is 0 Å². The summed E-state index contributed by atoms with van der Waals surface area (Å²) in [5.41, 5.74) is -1.19. The smallest absolute Gasteiger partial charge is 0.207 e. The molecule has 0 unspecified atom stereocenters. The summed E-state index contributed by atoms with van der Waals surface area (Å²) < 4.78 is 67.1. The Bertz CT molecular complexity index is 695. The van der Waals surface area contributed by atoms with Gasteiger partial charge in [0.25, 0.3) is 0 Å². The van der Waals surface area contributed by atoms with Crippen LogP contribution in [-0.2, 0) is 16.2 Å². The van der Waals surface area contributed by atoms with Crippen molar-refractivity contribution in [2.24, 2.45) is 0 Å². The predicted octanol–water partition coefficient (Wildman–Crippen LogP) is 4.45. The standard InChI is InChI=1S/C15H17ClF3NO2S/c16-10-5-8-14(13(9-10)15(17,18)19)23(21,22)20(12-6-7-12)11-3-1-2-4-11/h5,8-9,11-12H,1-4,6-7H2. The third kappa shape index (κ3) is 3.37. The van der Waals surface area contributed by atoms with Gasteiger partial charge in [0.2, 0.25) is 10.0 Å². The molecule has 0 atom stereocenters. The van der Waals surface area contributed by atoms with Crippen molar-refractivity contribution in [1.29, 1.82) is 0 Å². The maximum absolute atomic E-state index is 13.3. The van der Waals surface area contributed by atoms with Gasteiger partial charge in [-0.1, -0.05) is 24.4 Å². The Balaban J connectivity index is 2.08. The third-order valence-electron chi connectivity index (χ3n) is 4.39. The van der Waals surface area contributed by atoms with E-state index >= 15 is 0 Å². The van der Waals surface area contributed by atoms with Crippen LogP contribution in [-0.4, -0.2) is 24.8 Å². The van der Waals surface area contributed by atoms with Gasteiger partial charge >= 0.3 is 6.18 Å². The minimum atomic E-state index is -4.77. The molecule has 0 amide bonds. The fourth-order valence-corrected chi connectivity index (χ4v) is 5.54. The van der Waals surface area contributed by atoms with Gasteiger partial charge in [-0.2, -0.15) is 17.5 Å². The van der Waals surface area contributed by atoms with Crippen LogP contribution in [0.5, 0.6) is 0 Å². The van der Waals surface area contributed by atoms with E-state index in [1.807, 2.05) is 0 Å². The first-order chi connectivity index (χ1) is 10.7. The highest BCUT2D eigenvalue weighted by atomic mass is 35.5. The average Bonchev–Trinajstić information content (AvgIpc) is 3.11. The zero-order valence-corrected chi connectivity index (χ0v) is 13.9. The largest absolute Gasteiger partial charge is 0.417 e. The molecule has 3 nitrogen and oxygen atoms in total. The van der Waals surface area contributed by atoms with Crippen LogP contribution in [0.3, 0.4) is 0 Å².